The Bertz CT molecular complexity index is 441. The van der Waals surface area contributed by atoms with E-state index in [1.54, 1.807) is 6.92 Å². The molecule has 0 bridgehead atoms. The maximum absolute atomic E-state index is 11.9. The summed E-state index contributed by atoms with van der Waals surface area (Å²) in [6.07, 6.45) is 2.35. The number of piperidine rings is 1. The van der Waals surface area contributed by atoms with Crippen molar-refractivity contribution < 1.29 is 22.7 Å². The van der Waals surface area contributed by atoms with Crippen molar-refractivity contribution in [3.63, 3.8) is 0 Å². The molecule has 116 valence electrons. The highest BCUT2D eigenvalue weighted by Crippen LogP contribution is 2.19. The molecule has 1 saturated heterocycles. The minimum absolute atomic E-state index is 0.123. The fourth-order valence-electron chi connectivity index (χ4n) is 2.11. The highest BCUT2D eigenvalue weighted by molar-refractivity contribution is 7.88. The summed E-state index contributed by atoms with van der Waals surface area (Å²) in [7, 11) is -3.17. The molecule has 0 atom stereocenters. The summed E-state index contributed by atoms with van der Waals surface area (Å²) < 4.78 is 28.8. The molecule has 1 aliphatic rings. The van der Waals surface area contributed by atoms with Crippen LogP contribution in [0.15, 0.2) is 0 Å². The Morgan fingerprint density at radius 3 is 2.40 bits per heavy atom. The zero-order valence-electron chi connectivity index (χ0n) is 11.9. The topological polar surface area (TPSA) is 92.8 Å². The maximum Gasteiger partial charge on any atom is 0.307 e. The fraction of sp³-hybridized carbons (Fsp3) is 0.833. The maximum atomic E-state index is 11.9. The van der Waals surface area contributed by atoms with Crippen LogP contribution < -0.4 is 5.32 Å². The number of hydrogen-bond acceptors (Lipinski definition) is 5. The van der Waals surface area contributed by atoms with Gasteiger partial charge in [-0.15, -0.1) is 0 Å². The standard InChI is InChI=1S/C12H22N2O5S/c1-3-19-11(15)4-7-13-12(16)10-5-8-14(9-6-10)20(2,17)18/h10H,3-9H2,1-2H3,(H,13,16). The van der Waals surface area contributed by atoms with Gasteiger partial charge in [-0.25, -0.2) is 12.7 Å². The second-order valence-corrected chi connectivity index (χ2v) is 6.76. The van der Waals surface area contributed by atoms with Gasteiger partial charge in [-0.2, -0.15) is 0 Å². The predicted octanol–water partition coefficient (Wildman–Crippen LogP) is -0.273. The molecule has 20 heavy (non-hydrogen) atoms. The normalized spacial score (nSPS) is 17.7. The Labute approximate surface area is 119 Å². The van der Waals surface area contributed by atoms with E-state index in [4.69, 9.17) is 4.74 Å². The first-order chi connectivity index (χ1) is 9.34. The molecule has 0 saturated carbocycles. The zero-order chi connectivity index (χ0) is 15.2. The van der Waals surface area contributed by atoms with E-state index in [-0.39, 0.29) is 30.8 Å². The van der Waals surface area contributed by atoms with Crippen molar-refractivity contribution in [2.45, 2.75) is 26.2 Å². The first-order valence-corrected chi connectivity index (χ1v) is 8.58. The quantitative estimate of drug-likeness (QED) is 0.682. The van der Waals surface area contributed by atoms with Crippen LogP contribution in [0.3, 0.4) is 0 Å². The summed E-state index contributed by atoms with van der Waals surface area (Å²) in [5, 5.41) is 2.69. The first kappa shape index (κ1) is 16.9. The van der Waals surface area contributed by atoms with E-state index < -0.39 is 10.0 Å². The van der Waals surface area contributed by atoms with Crippen molar-refractivity contribution in [1.82, 2.24) is 9.62 Å². The van der Waals surface area contributed by atoms with Gasteiger partial charge in [0.25, 0.3) is 0 Å². The molecular formula is C12H22N2O5S. The number of rotatable bonds is 6. The first-order valence-electron chi connectivity index (χ1n) is 6.73. The largest absolute Gasteiger partial charge is 0.466 e. The second kappa shape index (κ2) is 7.58. The molecule has 0 unspecified atom stereocenters. The SMILES string of the molecule is CCOC(=O)CCNC(=O)C1CCN(S(C)(=O)=O)CC1. The molecule has 8 heteroatoms. The Hall–Kier alpha value is -1.15. The smallest absolute Gasteiger partial charge is 0.307 e. The van der Waals surface area contributed by atoms with E-state index in [0.717, 1.165) is 0 Å². The molecule has 1 rings (SSSR count). The third-order valence-electron chi connectivity index (χ3n) is 3.23. The molecule has 1 amide bonds. The monoisotopic (exact) mass is 306 g/mol. The van der Waals surface area contributed by atoms with Crippen molar-refractivity contribution in [1.29, 1.82) is 0 Å². The summed E-state index contributed by atoms with van der Waals surface area (Å²) in [5.41, 5.74) is 0. The van der Waals surface area contributed by atoms with Crippen molar-refractivity contribution in [2.24, 2.45) is 5.92 Å². The Morgan fingerprint density at radius 1 is 1.30 bits per heavy atom. The summed E-state index contributed by atoms with van der Waals surface area (Å²) >= 11 is 0. The third-order valence-corrected chi connectivity index (χ3v) is 4.53. The third kappa shape index (κ3) is 5.46. The Balaban J connectivity index is 2.28. The number of carbonyl (C=O) groups excluding carboxylic acids is 2. The van der Waals surface area contributed by atoms with Crippen molar-refractivity contribution in [3.8, 4) is 0 Å². The Kier molecular flexibility index (Phi) is 6.41. The van der Waals surface area contributed by atoms with E-state index in [1.807, 2.05) is 0 Å². The van der Waals surface area contributed by atoms with Gasteiger partial charge >= 0.3 is 5.97 Å². The molecule has 1 N–H and O–H groups in total. The zero-order valence-corrected chi connectivity index (χ0v) is 12.7. The molecule has 1 heterocycles. The van der Waals surface area contributed by atoms with Gasteiger partial charge in [-0.1, -0.05) is 0 Å². The number of nitrogens with zero attached hydrogens (tertiary/aromatic N) is 1. The molecule has 1 aliphatic heterocycles. The number of ether oxygens (including phenoxy) is 1. The van der Waals surface area contributed by atoms with Crippen LogP contribution in [-0.4, -0.2) is 57.1 Å². The number of sulfonamides is 1. The van der Waals surface area contributed by atoms with Crippen LogP contribution in [0.2, 0.25) is 0 Å². The number of amides is 1. The minimum atomic E-state index is -3.17. The minimum Gasteiger partial charge on any atom is -0.466 e. The van der Waals surface area contributed by atoms with E-state index >= 15 is 0 Å². The molecule has 0 radical (unpaired) electrons. The number of hydrogen-bond donors (Lipinski definition) is 1. The lowest BCUT2D eigenvalue weighted by Crippen LogP contribution is -2.42. The molecule has 0 aromatic heterocycles. The lowest BCUT2D eigenvalue weighted by atomic mass is 9.97. The number of carbonyl (C=O) groups is 2. The highest BCUT2D eigenvalue weighted by atomic mass is 32.2. The van der Waals surface area contributed by atoms with Gasteiger partial charge in [0.05, 0.1) is 19.3 Å². The summed E-state index contributed by atoms with van der Waals surface area (Å²) in [6, 6.07) is 0. The average Bonchev–Trinajstić information content (AvgIpc) is 2.38. The van der Waals surface area contributed by atoms with Gasteiger partial charge < -0.3 is 10.1 Å². The van der Waals surface area contributed by atoms with Gasteiger partial charge in [0.2, 0.25) is 15.9 Å². The van der Waals surface area contributed by atoms with Gasteiger partial charge in [0, 0.05) is 25.6 Å². The molecule has 0 aliphatic carbocycles. The van der Waals surface area contributed by atoms with Crippen LogP contribution in [0.1, 0.15) is 26.2 Å². The van der Waals surface area contributed by atoms with Crippen LogP contribution in [0.25, 0.3) is 0 Å². The van der Waals surface area contributed by atoms with Gasteiger partial charge in [-0.3, -0.25) is 9.59 Å². The van der Waals surface area contributed by atoms with Crippen LogP contribution in [0, 0.1) is 5.92 Å². The number of esters is 1. The Morgan fingerprint density at radius 2 is 1.90 bits per heavy atom. The van der Waals surface area contributed by atoms with Gasteiger partial charge in [-0.05, 0) is 19.8 Å². The predicted molar refractivity (Wildman–Crippen MR) is 73.4 cm³/mol. The van der Waals surface area contributed by atoms with E-state index in [9.17, 15) is 18.0 Å². The molecule has 1 fully saturated rings. The highest BCUT2D eigenvalue weighted by Gasteiger charge is 2.28. The van der Waals surface area contributed by atoms with Gasteiger partial charge in [0.1, 0.15) is 0 Å². The van der Waals surface area contributed by atoms with Crippen molar-refractivity contribution >= 4 is 21.9 Å². The van der Waals surface area contributed by atoms with E-state index in [1.165, 1.54) is 10.6 Å². The fourth-order valence-corrected chi connectivity index (χ4v) is 2.99. The average molecular weight is 306 g/mol. The number of nitrogens with one attached hydrogen (secondary N) is 1. The summed E-state index contributed by atoms with van der Waals surface area (Å²) in [4.78, 5) is 23.0. The summed E-state index contributed by atoms with van der Waals surface area (Å²) in [6.45, 7) is 3.05. The van der Waals surface area contributed by atoms with Crippen molar-refractivity contribution in [2.75, 3.05) is 32.5 Å². The van der Waals surface area contributed by atoms with Crippen LogP contribution in [-0.2, 0) is 24.3 Å². The summed E-state index contributed by atoms with van der Waals surface area (Å²) in [5.74, 6) is -0.641. The van der Waals surface area contributed by atoms with Gasteiger partial charge in [0.15, 0.2) is 0 Å². The van der Waals surface area contributed by atoms with E-state index in [2.05, 4.69) is 5.32 Å². The lowest BCUT2D eigenvalue weighted by molar-refractivity contribution is -0.143. The molecule has 0 aromatic rings. The van der Waals surface area contributed by atoms with Crippen LogP contribution in [0.4, 0.5) is 0 Å². The molecule has 0 aromatic carbocycles. The molecular weight excluding hydrogens is 284 g/mol. The van der Waals surface area contributed by atoms with Crippen molar-refractivity contribution in [3.05, 3.63) is 0 Å². The van der Waals surface area contributed by atoms with E-state index in [0.29, 0.717) is 32.5 Å². The van der Waals surface area contributed by atoms with Crippen LogP contribution >= 0.6 is 0 Å². The molecule has 7 nitrogen and oxygen atoms in total. The lowest BCUT2D eigenvalue weighted by Gasteiger charge is -2.29. The van der Waals surface area contributed by atoms with Crippen LogP contribution in [0.5, 0.6) is 0 Å². The molecule has 0 spiro atoms. The second-order valence-electron chi connectivity index (χ2n) is 4.78.